The van der Waals surface area contributed by atoms with E-state index in [1.165, 1.54) is 0 Å². The number of nitro benzene ring substituents is 1. The number of aromatic nitrogens is 1. The first-order valence-corrected chi connectivity index (χ1v) is 7.15. The second kappa shape index (κ2) is 4.66. The number of non-ortho nitro benzene ring substituents is 1. The average molecular weight is 285 g/mol. The molecule has 0 radical (unpaired) electrons. The summed E-state index contributed by atoms with van der Waals surface area (Å²) in [5, 5.41) is 16.0. The molecule has 3 atom stereocenters. The molecule has 1 aromatic carbocycles. The molecule has 21 heavy (non-hydrogen) atoms. The number of nitrogens with zero attached hydrogens (tertiary/aromatic N) is 2. The molecule has 0 aliphatic carbocycles. The van der Waals surface area contributed by atoms with Crippen molar-refractivity contribution in [3.8, 4) is 0 Å². The van der Waals surface area contributed by atoms with Crippen LogP contribution in [0.15, 0.2) is 30.6 Å². The van der Waals surface area contributed by atoms with Gasteiger partial charge >= 0.3 is 0 Å². The first-order valence-electron chi connectivity index (χ1n) is 7.15. The summed E-state index contributed by atoms with van der Waals surface area (Å²) in [6.45, 7) is 0. The zero-order chi connectivity index (χ0) is 14.4. The van der Waals surface area contributed by atoms with E-state index in [0.717, 1.165) is 30.3 Å². The van der Waals surface area contributed by atoms with Gasteiger partial charge in [0.1, 0.15) is 0 Å². The van der Waals surface area contributed by atoms with Gasteiger partial charge in [-0.2, -0.15) is 0 Å². The number of rotatable bonds is 3. The summed E-state index contributed by atoms with van der Waals surface area (Å²) in [5.74, 6) is 0. The molecule has 2 saturated heterocycles. The Morgan fingerprint density at radius 3 is 2.90 bits per heavy atom. The number of nitrogens with one attached hydrogen (secondary N) is 1. The van der Waals surface area contributed by atoms with Gasteiger partial charge < -0.3 is 10.1 Å². The molecule has 1 N–H and O–H groups in total. The van der Waals surface area contributed by atoms with Crippen LogP contribution in [0, 0.1) is 10.1 Å². The third kappa shape index (κ3) is 2.03. The van der Waals surface area contributed by atoms with Crippen LogP contribution >= 0.6 is 0 Å². The molecule has 6 heteroatoms. The lowest BCUT2D eigenvalue weighted by Gasteiger charge is -2.22. The van der Waals surface area contributed by atoms with E-state index in [0.29, 0.717) is 17.5 Å². The van der Waals surface area contributed by atoms with E-state index in [9.17, 15) is 10.1 Å². The van der Waals surface area contributed by atoms with Crippen molar-refractivity contribution in [1.82, 2.24) is 4.98 Å². The fourth-order valence-electron chi connectivity index (χ4n) is 3.45. The lowest BCUT2D eigenvalue weighted by atomic mass is 9.95. The fourth-order valence-corrected chi connectivity index (χ4v) is 3.45. The standard InChI is InChI=1S/C15H15N3O3/c19-18(20)14-3-2-12(10-5-6-16-8-11(10)14)17-13-7-9-1-4-15(13)21-9/h2-3,5-6,8-9,13,15,17H,1,4,7H2. The van der Waals surface area contributed by atoms with E-state index in [2.05, 4.69) is 10.3 Å². The highest BCUT2D eigenvalue weighted by Gasteiger charge is 2.40. The number of benzene rings is 1. The maximum Gasteiger partial charge on any atom is 0.278 e. The quantitative estimate of drug-likeness (QED) is 0.693. The van der Waals surface area contributed by atoms with Gasteiger partial charge in [-0.3, -0.25) is 15.1 Å². The molecule has 2 bridgehead atoms. The van der Waals surface area contributed by atoms with E-state index < -0.39 is 0 Å². The van der Waals surface area contributed by atoms with Gasteiger partial charge in [0.15, 0.2) is 0 Å². The topological polar surface area (TPSA) is 77.3 Å². The van der Waals surface area contributed by atoms with Gasteiger partial charge in [-0.05, 0) is 31.4 Å². The summed E-state index contributed by atoms with van der Waals surface area (Å²) in [4.78, 5) is 14.8. The minimum Gasteiger partial charge on any atom is -0.379 e. The van der Waals surface area contributed by atoms with Crippen molar-refractivity contribution in [3.63, 3.8) is 0 Å². The van der Waals surface area contributed by atoms with Crippen LogP contribution in [0.4, 0.5) is 11.4 Å². The number of hydrogen-bond acceptors (Lipinski definition) is 5. The summed E-state index contributed by atoms with van der Waals surface area (Å²) < 4.78 is 5.85. The number of fused-ring (bicyclic) bond motifs is 3. The van der Waals surface area contributed by atoms with E-state index in [1.807, 2.05) is 6.07 Å². The Morgan fingerprint density at radius 2 is 2.19 bits per heavy atom. The van der Waals surface area contributed by atoms with Gasteiger partial charge in [-0.1, -0.05) is 0 Å². The third-order valence-corrected chi connectivity index (χ3v) is 4.44. The number of anilines is 1. The molecule has 4 rings (SSSR count). The molecule has 0 spiro atoms. The molecule has 108 valence electrons. The van der Waals surface area contributed by atoms with Crippen LogP contribution in [-0.2, 0) is 4.74 Å². The van der Waals surface area contributed by atoms with E-state index in [4.69, 9.17) is 4.74 Å². The molecule has 0 saturated carbocycles. The number of pyridine rings is 1. The summed E-state index contributed by atoms with van der Waals surface area (Å²) in [6.07, 6.45) is 7.10. The predicted octanol–water partition coefficient (Wildman–Crippen LogP) is 2.87. The van der Waals surface area contributed by atoms with Crippen LogP contribution in [-0.4, -0.2) is 28.2 Å². The lowest BCUT2D eigenvalue weighted by molar-refractivity contribution is -0.383. The smallest absolute Gasteiger partial charge is 0.278 e. The Balaban J connectivity index is 1.72. The molecule has 0 amide bonds. The summed E-state index contributed by atoms with van der Waals surface area (Å²) in [7, 11) is 0. The van der Waals surface area contributed by atoms with Crippen molar-refractivity contribution < 1.29 is 9.66 Å². The second-order valence-corrected chi connectivity index (χ2v) is 5.67. The molecule has 2 aliphatic rings. The van der Waals surface area contributed by atoms with Gasteiger partial charge in [0.05, 0.1) is 28.6 Å². The summed E-state index contributed by atoms with van der Waals surface area (Å²) in [6, 6.07) is 5.44. The number of ether oxygens (including phenoxy) is 1. The van der Waals surface area contributed by atoms with Crippen LogP contribution in [0.2, 0.25) is 0 Å². The fraction of sp³-hybridized carbons (Fsp3) is 0.400. The Kier molecular flexibility index (Phi) is 2.78. The number of nitro groups is 1. The highest BCUT2D eigenvalue weighted by atomic mass is 16.6. The molecule has 2 fully saturated rings. The lowest BCUT2D eigenvalue weighted by Crippen LogP contribution is -2.30. The van der Waals surface area contributed by atoms with Crippen molar-refractivity contribution in [2.75, 3.05) is 5.32 Å². The first-order chi connectivity index (χ1) is 10.2. The van der Waals surface area contributed by atoms with Crippen LogP contribution in [0.1, 0.15) is 19.3 Å². The normalized spacial score (nSPS) is 27.1. The Morgan fingerprint density at radius 1 is 1.29 bits per heavy atom. The molecule has 2 aliphatic heterocycles. The second-order valence-electron chi connectivity index (χ2n) is 5.67. The van der Waals surface area contributed by atoms with Crippen molar-refractivity contribution in [2.45, 2.75) is 37.5 Å². The van der Waals surface area contributed by atoms with Crippen LogP contribution < -0.4 is 5.32 Å². The molecular formula is C15H15N3O3. The predicted molar refractivity (Wildman–Crippen MR) is 78.3 cm³/mol. The zero-order valence-electron chi connectivity index (χ0n) is 11.4. The average Bonchev–Trinajstić information content (AvgIpc) is 3.10. The van der Waals surface area contributed by atoms with Gasteiger partial charge in [-0.25, -0.2) is 0 Å². The van der Waals surface area contributed by atoms with E-state index >= 15 is 0 Å². The van der Waals surface area contributed by atoms with E-state index in [1.54, 1.807) is 24.5 Å². The highest BCUT2D eigenvalue weighted by molar-refractivity contribution is 5.99. The minimum absolute atomic E-state index is 0.0906. The van der Waals surface area contributed by atoms with Crippen LogP contribution in [0.3, 0.4) is 0 Å². The van der Waals surface area contributed by atoms with Crippen molar-refractivity contribution in [1.29, 1.82) is 0 Å². The van der Waals surface area contributed by atoms with Crippen molar-refractivity contribution in [2.24, 2.45) is 0 Å². The Hall–Kier alpha value is -2.21. The van der Waals surface area contributed by atoms with Crippen LogP contribution in [0.25, 0.3) is 10.8 Å². The van der Waals surface area contributed by atoms with E-state index in [-0.39, 0.29) is 16.7 Å². The molecule has 1 aromatic heterocycles. The Labute approximate surface area is 121 Å². The van der Waals surface area contributed by atoms with Gasteiger partial charge in [0, 0.05) is 29.5 Å². The highest BCUT2D eigenvalue weighted by Crippen LogP contribution is 2.38. The largest absolute Gasteiger partial charge is 0.379 e. The molecular weight excluding hydrogens is 270 g/mol. The minimum atomic E-state index is -0.367. The molecule has 2 aromatic rings. The zero-order valence-corrected chi connectivity index (χ0v) is 11.4. The first kappa shape index (κ1) is 12.5. The van der Waals surface area contributed by atoms with Crippen molar-refractivity contribution in [3.05, 3.63) is 40.7 Å². The summed E-state index contributed by atoms with van der Waals surface area (Å²) >= 11 is 0. The molecule has 6 nitrogen and oxygen atoms in total. The maximum atomic E-state index is 11.1. The van der Waals surface area contributed by atoms with Crippen molar-refractivity contribution >= 4 is 22.1 Å². The Bertz CT molecular complexity index is 718. The number of hydrogen-bond donors (Lipinski definition) is 1. The molecule has 3 heterocycles. The van der Waals surface area contributed by atoms with Gasteiger partial charge in [-0.15, -0.1) is 0 Å². The maximum absolute atomic E-state index is 11.1. The molecule has 3 unspecified atom stereocenters. The third-order valence-electron chi connectivity index (χ3n) is 4.44. The van der Waals surface area contributed by atoms with Gasteiger partial charge in [0.25, 0.3) is 5.69 Å². The monoisotopic (exact) mass is 285 g/mol. The summed E-state index contributed by atoms with van der Waals surface area (Å²) in [5.41, 5.74) is 1.01. The van der Waals surface area contributed by atoms with Gasteiger partial charge in [0.2, 0.25) is 0 Å². The van der Waals surface area contributed by atoms with Crippen LogP contribution in [0.5, 0.6) is 0 Å². The SMILES string of the molecule is O=[N+]([O-])c1ccc(NC2CC3CCC2O3)c2ccncc12.